The van der Waals surface area contributed by atoms with Crippen molar-refractivity contribution >= 4 is 23.0 Å². The molecule has 2 heterocycles. The molecule has 0 fully saturated rings. The molecule has 220 valence electrons. The predicted molar refractivity (Wildman–Crippen MR) is 153 cm³/mol. The van der Waals surface area contributed by atoms with Gasteiger partial charge in [-0.15, -0.1) is 0 Å². The van der Waals surface area contributed by atoms with Gasteiger partial charge in [0.25, 0.3) is 11.7 Å². The Labute approximate surface area is 237 Å². The van der Waals surface area contributed by atoms with Gasteiger partial charge in [-0.1, -0.05) is 0 Å². The molecule has 11 nitrogen and oxygen atoms in total. The van der Waals surface area contributed by atoms with E-state index in [1.165, 1.54) is 0 Å². The Morgan fingerprint density at radius 2 is 1.75 bits per heavy atom. The minimum atomic E-state index is -0.605. The summed E-state index contributed by atoms with van der Waals surface area (Å²) in [4.78, 5) is 28.5. The smallest absolute Gasteiger partial charge is 0.408 e. The Kier molecular flexibility index (Phi) is 10.3. The zero-order chi connectivity index (χ0) is 29.6. The number of nitrogens with zero attached hydrogens (tertiary/aromatic N) is 5. The number of hydrogen-bond acceptors (Lipinski definition) is 6. The maximum Gasteiger partial charge on any atom is 0.408 e. The zero-order valence-corrected chi connectivity index (χ0v) is 25.5. The first kappa shape index (κ1) is 31.1. The van der Waals surface area contributed by atoms with E-state index >= 15 is 0 Å². The van der Waals surface area contributed by atoms with Crippen molar-refractivity contribution in [2.45, 2.75) is 66.8 Å². The van der Waals surface area contributed by atoms with Crippen LogP contribution >= 0.6 is 0 Å². The summed E-state index contributed by atoms with van der Waals surface area (Å²) in [6.07, 6.45) is 1.48. The average Bonchev–Trinajstić information content (AvgIpc) is 3.40. The third kappa shape index (κ3) is 7.00. The van der Waals surface area contributed by atoms with Gasteiger partial charge in [-0.3, -0.25) is 9.48 Å². The molecular formula is C29H45N6O5+. The van der Waals surface area contributed by atoms with Crippen LogP contribution in [0.25, 0.3) is 22.2 Å². The summed E-state index contributed by atoms with van der Waals surface area (Å²) >= 11 is 0. The molecule has 0 radical (unpaired) electrons. The lowest BCUT2D eigenvalue weighted by Crippen LogP contribution is -2.41. The van der Waals surface area contributed by atoms with Crippen molar-refractivity contribution in [1.29, 1.82) is 0 Å². The van der Waals surface area contributed by atoms with E-state index in [4.69, 9.17) is 14.2 Å². The number of ether oxygens (including phenoxy) is 3. The predicted octanol–water partition coefficient (Wildman–Crippen LogP) is 3.44. The molecule has 0 atom stereocenters. The van der Waals surface area contributed by atoms with Crippen molar-refractivity contribution in [2.75, 3.05) is 40.5 Å². The Morgan fingerprint density at radius 1 is 1.10 bits per heavy atom. The van der Waals surface area contributed by atoms with Crippen LogP contribution in [0.2, 0.25) is 0 Å². The van der Waals surface area contributed by atoms with Gasteiger partial charge in [0, 0.05) is 46.1 Å². The molecule has 0 bridgehead atoms. The van der Waals surface area contributed by atoms with Crippen molar-refractivity contribution in [3.63, 3.8) is 0 Å². The number of alkyl carbamates (subject to hydrolysis) is 1. The van der Waals surface area contributed by atoms with Crippen molar-refractivity contribution in [3.05, 3.63) is 35.4 Å². The molecule has 0 unspecified atom stereocenters. The van der Waals surface area contributed by atoms with Crippen molar-refractivity contribution in [2.24, 2.45) is 7.05 Å². The third-order valence-corrected chi connectivity index (χ3v) is 6.67. The molecule has 11 heteroatoms. The largest absolute Gasteiger partial charge is 0.444 e. The van der Waals surface area contributed by atoms with Crippen LogP contribution in [0.5, 0.6) is 0 Å². The highest BCUT2D eigenvalue weighted by atomic mass is 16.6. The van der Waals surface area contributed by atoms with Crippen molar-refractivity contribution in [1.82, 2.24) is 24.6 Å². The number of benzene rings is 1. The molecule has 2 amide bonds. The Balaban J connectivity index is 2.25. The van der Waals surface area contributed by atoms with Crippen LogP contribution in [0, 0.1) is 6.92 Å². The minimum Gasteiger partial charge on any atom is -0.444 e. The number of aryl methyl sites for hydroxylation is 4. The summed E-state index contributed by atoms with van der Waals surface area (Å²) in [5.41, 5.74) is 4.44. The van der Waals surface area contributed by atoms with Crippen LogP contribution in [0.15, 0.2) is 18.3 Å². The number of amides is 2. The van der Waals surface area contributed by atoms with Gasteiger partial charge in [0.15, 0.2) is 11.0 Å². The maximum atomic E-state index is 14.2. The molecule has 0 aliphatic rings. The molecule has 0 aliphatic heterocycles. The van der Waals surface area contributed by atoms with E-state index in [1.807, 2.05) is 53.9 Å². The fourth-order valence-corrected chi connectivity index (χ4v) is 4.96. The second-order valence-corrected chi connectivity index (χ2v) is 10.7. The average molecular weight is 558 g/mol. The van der Waals surface area contributed by atoms with Crippen LogP contribution in [0.1, 0.15) is 56.5 Å². The normalized spacial score (nSPS) is 11.7. The van der Waals surface area contributed by atoms with E-state index < -0.39 is 11.7 Å². The van der Waals surface area contributed by atoms with Gasteiger partial charge in [-0.05, 0) is 59.2 Å². The van der Waals surface area contributed by atoms with E-state index in [-0.39, 0.29) is 12.5 Å². The highest BCUT2D eigenvalue weighted by Crippen LogP contribution is 2.30. The second-order valence-electron chi connectivity index (χ2n) is 10.7. The number of hydrogen-bond donors (Lipinski definition) is 1. The number of imidazole rings is 1. The standard InChI is InChI=1S/C29H44N6O5/c1-10-34-24-17-21(23-19-32(7)31-20(23)3)16-22(27(36)33(12-14-38-8)13-15-39-9)26(24)35(11-2)25(34)18-30-28(37)40-29(4,5)6/h16-17,19H,10-15,18H2,1-9H3/p+1. The van der Waals surface area contributed by atoms with Crippen LogP contribution in [0.4, 0.5) is 4.79 Å². The number of aromatic nitrogens is 4. The van der Waals surface area contributed by atoms with Crippen molar-refractivity contribution in [3.8, 4) is 11.1 Å². The summed E-state index contributed by atoms with van der Waals surface area (Å²) in [7, 11) is 5.14. The van der Waals surface area contributed by atoms with Crippen LogP contribution in [-0.2, 0) is 40.9 Å². The molecule has 2 aromatic heterocycles. The molecule has 3 rings (SSSR count). The summed E-state index contributed by atoms with van der Waals surface area (Å²) < 4.78 is 22.1. The highest BCUT2D eigenvalue weighted by molar-refractivity contribution is 6.06. The van der Waals surface area contributed by atoms with Gasteiger partial charge in [0.05, 0.1) is 37.6 Å². The highest BCUT2D eigenvalue weighted by Gasteiger charge is 2.31. The van der Waals surface area contributed by atoms with Crippen molar-refractivity contribution < 1.29 is 28.4 Å². The van der Waals surface area contributed by atoms with Gasteiger partial charge in [-0.25, -0.2) is 13.9 Å². The molecule has 0 spiro atoms. The number of fused-ring (bicyclic) bond motifs is 1. The molecule has 3 aromatic rings. The summed E-state index contributed by atoms with van der Waals surface area (Å²) in [5.74, 6) is 0.768. The van der Waals surface area contributed by atoms with E-state index in [9.17, 15) is 9.59 Å². The quantitative estimate of drug-likeness (QED) is 0.342. The first-order valence-electron chi connectivity index (χ1n) is 13.8. The van der Waals surface area contributed by atoms with Gasteiger partial charge in [0.2, 0.25) is 0 Å². The van der Waals surface area contributed by atoms with E-state index in [0.717, 1.165) is 33.7 Å². The van der Waals surface area contributed by atoms with E-state index in [2.05, 4.69) is 32.5 Å². The fraction of sp³-hybridized carbons (Fsp3) is 0.586. The Hall–Kier alpha value is -3.44. The third-order valence-electron chi connectivity index (χ3n) is 6.67. The Bertz CT molecular complexity index is 1330. The number of methoxy groups -OCH3 is 2. The lowest BCUT2D eigenvalue weighted by Gasteiger charge is -2.22. The fourth-order valence-electron chi connectivity index (χ4n) is 4.96. The minimum absolute atomic E-state index is 0.107. The monoisotopic (exact) mass is 557 g/mol. The van der Waals surface area contributed by atoms with Gasteiger partial charge in [-0.2, -0.15) is 5.10 Å². The summed E-state index contributed by atoms with van der Waals surface area (Å²) in [5, 5.41) is 7.44. The maximum absolute atomic E-state index is 14.2. The summed E-state index contributed by atoms with van der Waals surface area (Å²) in [6, 6.07) is 4.07. The number of nitrogens with one attached hydrogen (secondary N) is 1. The lowest BCUT2D eigenvalue weighted by molar-refractivity contribution is -0.676. The zero-order valence-electron chi connectivity index (χ0n) is 25.5. The molecular weight excluding hydrogens is 512 g/mol. The summed E-state index contributed by atoms with van der Waals surface area (Å²) in [6.45, 7) is 14.8. The SMILES string of the molecule is CCn1c(CNC(=O)OC(C)(C)C)[n+](CC)c2cc(-c3cn(C)nc3C)cc(C(=O)N(CCOC)CCOC)c21. The first-order valence-corrected chi connectivity index (χ1v) is 13.8. The Morgan fingerprint density at radius 3 is 2.25 bits per heavy atom. The van der Waals surface area contributed by atoms with Gasteiger partial charge >= 0.3 is 6.09 Å². The molecule has 1 aromatic carbocycles. The topological polar surface area (TPSA) is 104 Å². The van der Waals surface area contributed by atoms with Gasteiger partial charge in [0.1, 0.15) is 12.1 Å². The van der Waals surface area contributed by atoms with Gasteiger partial charge < -0.3 is 24.4 Å². The molecule has 40 heavy (non-hydrogen) atoms. The van der Waals surface area contributed by atoms with Crippen LogP contribution < -0.4 is 9.88 Å². The molecule has 1 N–H and O–H groups in total. The molecule has 0 saturated carbocycles. The van der Waals surface area contributed by atoms with E-state index in [0.29, 0.717) is 45.0 Å². The lowest BCUT2D eigenvalue weighted by atomic mass is 10.0. The van der Waals surface area contributed by atoms with E-state index in [1.54, 1.807) is 23.8 Å². The number of rotatable bonds is 12. The first-order chi connectivity index (χ1) is 18.9. The second kappa shape index (κ2) is 13.3. The number of carbonyl (C=O) groups is 2. The van der Waals surface area contributed by atoms with Crippen LogP contribution in [-0.4, -0.2) is 77.4 Å². The molecule has 0 saturated heterocycles. The molecule has 0 aliphatic carbocycles. The van der Waals surface area contributed by atoms with Crippen LogP contribution in [0.3, 0.4) is 0 Å². The number of carbonyl (C=O) groups excluding carboxylic acids is 2.